The van der Waals surface area contributed by atoms with Crippen LogP contribution in [0.3, 0.4) is 0 Å². The van der Waals surface area contributed by atoms with Gasteiger partial charge in [0.15, 0.2) is 6.04 Å². The average Bonchev–Trinajstić information content (AvgIpc) is 2.64. The number of imidazole rings is 1. The number of nitrogens with zero attached hydrogens (tertiary/aromatic N) is 3. The molecule has 0 aliphatic rings. The highest BCUT2D eigenvalue weighted by molar-refractivity contribution is 5.27. The second kappa shape index (κ2) is 4.26. The van der Waals surface area contributed by atoms with Crippen molar-refractivity contribution in [2.24, 2.45) is 12.2 Å². The summed E-state index contributed by atoms with van der Waals surface area (Å²) in [6.07, 6.45) is 1.70. The van der Waals surface area contributed by atoms with Crippen LogP contribution in [0.2, 0.25) is 0 Å². The first kappa shape index (κ1) is 10.5. The number of aryl methyl sites for hydroxylation is 1. The van der Waals surface area contributed by atoms with Crippen molar-refractivity contribution in [2.75, 3.05) is 0 Å². The molecule has 4 nitrogen and oxygen atoms in total. The third-order valence-corrected chi connectivity index (χ3v) is 2.76. The van der Waals surface area contributed by atoms with Gasteiger partial charge in [0.1, 0.15) is 5.82 Å². The van der Waals surface area contributed by atoms with E-state index in [-0.39, 0.29) is 0 Å². The first-order chi connectivity index (χ1) is 7.74. The summed E-state index contributed by atoms with van der Waals surface area (Å²) in [5, 5.41) is 3.19. The summed E-state index contributed by atoms with van der Waals surface area (Å²) in [5.74, 6) is 0.875. The van der Waals surface area contributed by atoms with Gasteiger partial charge in [-0.15, -0.1) is 4.91 Å². The molecule has 0 N–H and O–H groups in total. The fraction of sp³-hybridized carbons (Fsp3) is 0.250. The van der Waals surface area contributed by atoms with Gasteiger partial charge in [0.25, 0.3) is 0 Å². The van der Waals surface area contributed by atoms with Crippen LogP contribution >= 0.6 is 0 Å². The van der Waals surface area contributed by atoms with Crippen molar-refractivity contribution in [3.8, 4) is 0 Å². The van der Waals surface area contributed by atoms with Gasteiger partial charge in [0, 0.05) is 7.05 Å². The number of hydrogen-bond donors (Lipinski definition) is 0. The predicted octanol–water partition coefficient (Wildman–Crippen LogP) is 2.58. The minimum Gasteiger partial charge on any atom is -0.333 e. The molecule has 16 heavy (non-hydrogen) atoms. The van der Waals surface area contributed by atoms with E-state index in [4.69, 9.17) is 0 Å². The second-order valence-electron chi connectivity index (χ2n) is 3.71. The molecule has 0 bridgehead atoms. The minimum absolute atomic E-state index is 0.479. The fourth-order valence-electron chi connectivity index (χ4n) is 1.69. The molecule has 1 aromatic heterocycles. The Morgan fingerprint density at radius 1 is 1.31 bits per heavy atom. The molecule has 1 heterocycles. The van der Waals surface area contributed by atoms with Crippen molar-refractivity contribution >= 4 is 0 Å². The summed E-state index contributed by atoms with van der Waals surface area (Å²) in [4.78, 5) is 15.2. The lowest BCUT2D eigenvalue weighted by atomic mass is 10.1. The molecule has 0 radical (unpaired) electrons. The van der Waals surface area contributed by atoms with E-state index in [1.54, 1.807) is 6.20 Å². The van der Waals surface area contributed by atoms with Crippen LogP contribution in [0.1, 0.15) is 23.1 Å². The Bertz CT molecular complexity index is 490. The zero-order chi connectivity index (χ0) is 11.5. The van der Waals surface area contributed by atoms with E-state index in [9.17, 15) is 4.91 Å². The third kappa shape index (κ3) is 1.74. The van der Waals surface area contributed by atoms with E-state index < -0.39 is 6.04 Å². The summed E-state index contributed by atoms with van der Waals surface area (Å²) in [6.45, 7) is 1.90. The number of benzene rings is 1. The van der Waals surface area contributed by atoms with Crippen LogP contribution in [0.25, 0.3) is 0 Å². The molecule has 0 fully saturated rings. The van der Waals surface area contributed by atoms with Gasteiger partial charge in [-0.1, -0.05) is 35.5 Å². The molecule has 4 heteroatoms. The van der Waals surface area contributed by atoms with E-state index >= 15 is 0 Å². The molecule has 1 atom stereocenters. The van der Waals surface area contributed by atoms with Crippen LogP contribution in [-0.4, -0.2) is 9.55 Å². The van der Waals surface area contributed by atoms with Crippen LogP contribution < -0.4 is 0 Å². The van der Waals surface area contributed by atoms with E-state index in [1.165, 1.54) is 0 Å². The summed E-state index contributed by atoms with van der Waals surface area (Å²) in [7, 11) is 1.89. The molecule has 1 aromatic carbocycles. The molecule has 0 spiro atoms. The quantitative estimate of drug-likeness (QED) is 0.739. The largest absolute Gasteiger partial charge is 0.333 e. The minimum atomic E-state index is -0.479. The Morgan fingerprint density at radius 2 is 2.00 bits per heavy atom. The van der Waals surface area contributed by atoms with Crippen LogP contribution in [0.4, 0.5) is 0 Å². The lowest BCUT2D eigenvalue weighted by molar-refractivity contribution is 0.726. The molecule has 0 saturated carbocycles. The number of nitroso groups, excluding NO2 is 1. The van der Waals surface area contributed by atoms with Gasteiger partial charge in [-0.25, -0.2) is 4.98 Å². The van der Waals surface area contributed by atoms with E-state index in [1.807, 2.05) is 48.9 Å². The van der Waals surface area contributed by atoms with E-state index in [0.717, 1.165) is 17.1 Å². The highest BCUT2D eigenvalue weighted by atomic mass is 16.3. The maximum atomic E-state index is 11.0. The van der Waals surface area contributed by atoms with Crippen molar-refractivity contribution in [1.29, 1.82) is 0 Å². The SMILES string of the molecule is Cc1ncc(C(N=O)c2ccccc2)n1C. The maximum absolute atomic E-state index is 11.0. The summed E-state index contributed by atoms with van der Waals surface area (Å²) in [6, 6.07) is 9.03. The van der Waals surface area contributed by atoms with Crippen LogP contribution in [0, 0.1) is 11.8 Å². The van der Waals surface area contributed by atoms with Gasteiger partial charge in [0.2, 0.25) is 0 Å². The zero-order valence-electron chi connectivity index (χ0n) is 9.29. The monoisotopic (exact) mass is 215 g/mol. The number of rotatable bonds is 3. The smallest absolute Gasteiger partial charge is 0.158 e. The molecular formula is C12H13N3O. The third-order valence-electron chi connectivity index (χ3n) is 2.76. The Labute approximate surface area is 93.9 Å². The predicted molar refractivity (Wildman–Crippen MR) is 62.0 cm³/mol. The Hall–Kier alpha value is -1.97. The van der Waals surface area contributed by atoms with Gasteiger partial charge in [-0.05, 0) is 12.5 Å². The highest BCUT2D eigenvalue weighted by Crippen LogP contribution is 2.25. The van der Waals surface area contributed by atoms with Crippen molar-refractivity contribution in [2.45, 2.75) is 13.0 Å². The first-order valence-corrected chi connectivity index (χ1v) is 5.09. The molecule has 0 aliphatic carbocycles. The lowest BCUT2D eigenvalue weighted by Gasteiger charge is -2.10. The number of hydrogen-bond acceptors (Lipinski definition) is 3. The van der Waals surface area contributed by atoms with Gasteiger partial charge in [-0.3, -0.25) is 0 Å². The van der Waals surface area contributed by atoms with Crippen molar-refractivity contribution in [3.05, 3.63) is 58.5 Å². The van der Waals surface area contributed by atoms with Crippen molar-refractivity contribution in [1.82, 2.24) is 9.55 Å². The molecule has 1 unspecified atom stereocenters. The number of aromatic nitrogens is 2. The van der Waals surface area contributed by atoms with E-state index in [2.05, 4.69) is 10.2 Å². The van der Waals surface area contributed by atoms with Crippen LogP contribution in [0.5, 0.6) is 0 Å². The summed E-state index contributed by atoms with van der Waals surface area (Å²) >= 11 is 0. The Morgan fingerprint density at radius 3 is 2.50 bits per heavy atom. The maximum Gasteiger partial charge on any atom is 0.158 e. The fourth-order valence-corrected chi connectivity index (χ4v) is 1.69. The first-order valence-electron chi connectivity index (χ1n) is 5.09. The highest BCUT2D eigenvalue weighted by Gasteiger charge is 2.18. The topological polar surface area (TPSA) is 47.2 Å². The Balaban J connectivity index is 2.45. The standard InChI is InChI=1S/C12H13N3O/c1-9-13-8-11(15(9)2)12(14-16)10-6-4-3-5-7-10/h3-8,12H,1-2H3. The molecule has 2 aromatic rings. The van der Waals surface area contributed by atoms with Gasteiger partial charge in [0.05, 0.1) is 11.9 Å². The van der Waals surface area contributed by atoms with E-state index in [0.29, 0.717) is 0 Å². The molecular weight excluding hydrogens is 202 g/mol. The Kier molecular flexibility index (Phi) is 2.81. The van der Waals surface area contributed by atoms with Crippen molar-refractivity contribution in [3.63, 3.8) is 0 Å². The molecule has 2 rings (SSSR count). The lowest BCUT2D eigenvalue weighted by Crippen LogP contribution is -2.04. The van der Waals surface area contributed by atoms with Gasteiger partial charge in [-0.2, -0.15) is 0 Å². The molecule has 0 aliphatic heterocycles. The summed E-state index contributed by atoms with van der Waals surface area (Å²) in [5.41, 5.74) is 1.71. The van der Waals surface area contributed by atoms with Gasteiger partial charge >= 0.3 is 0 Å². The molecule has 82 valence electrons. The van der Waals surface area contributed by atoms with Crippen molar-refractivity contribution < 1.29 is 0 Å². The zero-order valence-corrected chi connectivity index (χ0v) is 9.29. The average molecular weight is 215 g/mol. The molecule has 0 amide bonds. The van der Waals surface area contributed by atoms with Crippen LogP contribution in [0.15, 0.2) is 41.7 Å². The van der Waals surface area contributed by atoms with Crippen LogP contribution in [-0.2, 0) is 7.05 Å². The normalized spacial score (nSPS) is 12.4. The van der Waals surface area contributed by atoms with Gasteiger partial charge < -0.3 is 4.57 Å². The second-order valence-corrected chi connectivity index (χ2v) is 3.71. The summed E-state index contributed by atoms with van der Waals surface area (Å²) < 4.78 is 1.89. The molecule has 0 saturated heterocycles.